The molecule has 0 amide bonds. The molecule has 1 heterocycles. The molecule has 2 aliphatic rings. The van der Waals surface area contributed by atoms with Gasteiger partial charge >= 0.3 is 0 Å². The minimum absolute atomic E-state index is 0.325. The van der Waals surface area contributed by atoms with E-state index in [4.69, 9.17) is 5.10 Å². The van der Waals surface area contributed by atoms with Crippen LogP contribution >= 0.6 is 0 Å². The molecule has 272 valence electrons. The molecule has 6 aromatic carbocycles. The first-order chi connectivity index (χ1) is 28.2. The second-order valence-corrected chi connectivity index (χ2v) is 14.2. The molecule has 0 bridgehead atoms. The van der Waals surface area contributed by atoms with Gasteiger partial charge < -0.3 is 0 Å². The molecule has 2 aliphatic carbocycles. The SMILES string of the molecule is N=C1C=C(c2c(C3=CCCC=C3)cccc2-c2ccccc2)C=C(c2c(-c3ccccc3)cccc2-c2ccccc2)/C1=N/Nc1ccc(-c2cccnc2)cc1. The smallest absolute Gasteiger partial charge is 0.116 e. The zero-order chi connectivity index (χ0) is 38.4. The Morgan fingerprint density at radius 2 is 1.07 bits per heavy atom. The van der Waals surface area contributed by atoms with Gasteiger partial charge in [0.2, 0.25) is 0 Å². The molecule has 7 aromatic rings. The number of hydrogen-bond acceptors (Lipinski definition) is 4. The Labute approximate surface area is 334 Å². The number of nitrogens with zero attached hydrogens (tertiary/aromatic N) is 2. The minimum atomic E-state index is 0.325. The average molecular weight is 733 g/mol. The fourth-order valence-corrected chi connectivity index (χ4v) is 7.82. The predicted octanol–water partition coefficient (Wildman–Crippen LogP) is 13.5. The molecule has 0 saturated carbocycles. The standard InChI is InChI=1S/C53H40N4/c54-50-35-43(51-45(38-16-5-1-6-17-38)25-13-26-46(51)39-18-7-2-8-19-39)34-49(53(50)57-56-44-31-29-37(30-32-44)42-24-15-33-55-36-42)52-47(40-20-9-3-10-21-40)27-14-28-48(52)41-22-11-4-12-23-41/h1,3-7,9-36,54,56H,2,8H2/b54-50?,57-53-. The first-order valence-corrected chi connectivity index (χ1v) is 19.4. The summed E-state index contributed by atoms with van der Waals surface area (Å²) in [6, 6.07) is 56.8. The van der Waals surface area contributed by atoms with E-state index in [0.29, 0.717) is 11.4 Å². The third-order valence-electron chi connectivity index (χ3n) is 10.5. The molecule has 0 spiro atoms. The van der Waals surface area contributed by atoms with Crippen LogP contribution in [0.5, 0.6) is 0 Å². The molecule has 2 N–H and O–H groups in total. The first kappa shape index (κ1) is 35.3. The van der Waals surface area contributed by atoms with Crippen molar-refractivity contribution >= 4 is 33.8 Å². The van der Waals surface area contributed by atoms with Crippen molar-refractivity contribution in [2.75, 3.05) is 5.43 Å². The molecule has 0 aliphatic heterocycles. The van der Waals surface area contributed by atoms with Crippen molar-refractivity contribution in [1.82, 2.24) is 4.98 Å². The fourth-order valence-electron chi connectivity index (χ4n) is 7.82. The van der Waals surface area contributed by atoms with Crippen LogP contribution in [-0.2, 0) is 0 Å². The highest BCUT2D eigenvalue weighted by atomic mass is 15.3. The van der Waals surface area contributed by atoms with E-state index < -0.39 is 0 Å². The fraction of sp³-hybridized carbons (Fsp3) is 0.0377. The lowest BCUT2D eigenvalue weighted by Gasteiger charge is -2.25. The molecule has 57 heavy (non-hydrogen) atoms. The van der Waals surface area contributed by atoms with Crippen LogP contribution in [0.1, 0.15) is 29.5 Å². The van der Waals surface area contributed by atoms with Gasteiger partial charge in [0.15, 0.2) is 0 Å². The molecule has 1 aromatic heterocycles. The van der Waals surface area contributed by atoms with Crippen molar-refractivity contribution in [1.29, 1.82) is 5.41 Å². The van der Waals surface area contributed by atoms with E-state index in [1.807, 2.05) is 42.6 Å². The van der Waals surface area contributed by atoms with Gasteiger partial charge in [0.25, 0.3) is 0 Å². The van der Waals surface area contributed by atoms with E-state index >= 15 is 0 Å². The number of hydrazone groups is 1. The monoisotopic (exact) mass is 732 g/mol. The highest BCUT2D eigenvalue weighted by molar-refractivity contribution is 6.63. The summed E-state index contributed by atoms with van der Waals surface area (Å²) in [5, 5.41) is 14.9. The number of rotatable bonds is 9. The minimum Gasteiger partial charge on any atom is -0.299 e. The van der Waals surface area contributed by atoms with E-state index in [1.165, 1.54) is 5.57 Å². The quantitative estimate of drug-likeness (QED) is 0.115. The van der Waals surface area contributed by atoms with E-state index in [9.17, 15) is 5.41 Å². The van der Waals surface area contributed by atoms with E-state index in [2.05, 4.69) is 168 Å². The zero-order valence-corrected chi connectivity index (χ0v) is 31.4. The summed E-state index contributed by atoms with van der Waals surface area (Å²) in [6.45, 7) is 0. The van der Waals surface area contributed by atoms with Gasteiger partial charge in [0, 0.05) is 18.0 Å². The topological polar surface area (TPSA) is 61.1 Å². The highest BCUT2D eigenvalue weighted by Crippen LogP contribution is 2.44. The van der Waals surface area contributed by atoms with Gasteiger partial charge in [-0.25, -0.2) is 0 Å². The Kier molecular flexibility index (Phi) is 9.98. The van der Waals surface area contributed by atoms with Crippen LogP contribution in [0.4, 0.5) is 5.69 Å². The van der Waals surface area contributed by atoms with Crippen LogP contribution < -0.4 is 5.43 Å². The van der Waals surface area contributed by atoms with Crippen LogP contribution in [0.2, 0.25) is 0 Å². The van der Waals surface area contributed by atoms with Gasteiger partial charge in [-0.05, 0) is 116 Å². The van der Waals surface area contributed by atoms with Crippen molar-refractivity contribution in [3.05, 3.63) is 223 Å². The number of allylic oxidation sites excluding steroid dienone is 8. The Hall–Kier alpha value is -7.43. The second-order valence-electron chi connectivity index (χ2n) is 14.2. The number of benzene rings is 6. The summed E-state index contributed by atoms with van der Waals surface area (Å²) in [4.78, 5) is 4.29. The Morgan fingerprint density at radius 1 is 0.491 bits per heavy atom. The molecule has 0 atom stereocenters. The van der Waals surface area contributed by atoms with Gasteiger partial charge in [0.1, 0.15) is 5.71 Å². The van der Waals surface area contributed by atoms with Crippen molar-refractivity contribution < 1.29 is 0 Å². The van der Waals surface area contributed by atoms with E-state index in [0.717, 1.165) is 90.9 Å². The van der Waals surface area contributed by atoms with E-state index in [-0.39, 0.29) is 0 Å². The lowest BCUT2D eigenvalue weighted by atomic mass is 9.78. The molecular formula is C53H40N4. The number of anilines is 1. The Morgan fingerprint density at radius 3 is 1.63 bits per heavy atom. The molecule has 9 rings (SSSR count). The number of nitrogens with one attached hydrogen (secondary N) is 2. The maximum atomic E-state index is 9.83. The molecule has 0 unspecified atom stereocenters. The summed E-state index contributed by atoms with van der Waals surface area (Å²) in [7, 11) is 0. The van der Waals surface area contributed by atoms with Crippen molar-refractivity contribution in [3.8, 4) is 44.5 Å². The second kappa shape index (κ2) is 16.1. The summed E-state index contributed by atoms with van der Waals surface area (Å²) in [5.41, 5.74) is 20.0. The van der Waals surface area contributed by atoms with Crippen LogP contribution in [0.25, 0.3) is 61.2 Å². The van der Waals surface area contributed by atoms with E-state index in [1.54, 1.807) is 6.20 Å². The summed E-state index contributed by atoms with van der Waals surface area (Å²) >= 11 is 0. The maximum absolute atomic E-state index is 9.83. The van der Waals surface area contributed by atoms with Gasteiger partial charge in [-0.3, -0.25) is 15.8 Å². The van der Waals surface area contributed by atoms with Gasteiger partial charge in [-0.2, -0.15) is 5.10 Å². The molecule has 0 radical (unpaired) electrons. The number of aromatic nitrogens is 1. The van der Waals surface area contributed by atoms with Crippen LogP contribution in [0, 0.1) is 5.41 Å². The van der Waals surface area contributed by atoms with Crippen LogP contribution in [0.3, 0.4) is 0 Å². The van der Waals surface area contributed by atoms with Crippen LogP contribution in [0.15, 0.2) is 212 Å². The normalized spacial score (nSPS) is 14.5. The third-order valence-corrected chi connectivity index (χ3v) is 10.5. The van der Waals surface area contributed by atoms with Crippen molar-refractivity contribution in [2.45, 2.75) is 12.8 Å². The molecule has 4 nitrogen and oxygen atoms in total. The summed E-state index contributed by atoms with van der Waals surface area (Å²) in [5.74, 6) is 0. The van der Waals surface area contributed by atoms with Gasteiger partial charge in [0.05, 0.1) is 11.4 Å². The van der Waals surface area contributed by atoms with Gasteiger partial charge in [-0.1, -0.05) is 164 Å². The average Bonchev–Trinajstić information content (AvgIpc) is 3.29. The Bertz CT molecular complexity index is 2660. The van der Waals surface area contributed by atoms with Gasteiger partial charge in [-0.15, -0.1) is 0 Å². The predicted molar refractivity (Wildman–Crippen MR) is 240 cm³/mol. The molecular weight excluding hydrogens is 693 g/mol. The van der Waals surface area contributed by atoms with Crippen molar-refractivity contribution in [2.24, 2.45) is 5.10 Å². The Balaban J connectivity index is 1.27. The van der Waals surface area contributed by atoms with Crippen LogP contribution in [-0.4, -0.2) is 16.4 Å². The van der Waals surface area contributed by atoms with Crippen molar-refractivity contribution in [3.63, 3.8) is 0 Å². The lowest BCUT2D eigenvalue weighted by Crippen LogP contribution is -2.20. The molecule has 4 heteroatoms. The highest BCUT2D eigenvalue weighted by Gasteiger charge is 2.28. The first-order valence-electron chi connectivity index (χ1n) is 19.4. The third kappa shape index (κ3) is 7.37. The maximum Gasteiger partial charge on any atom is 0.116 e. The lowest BCUT2D eigenvalue weighted by molar-refractivity contribution is 1.04. The largest absolute Gasteiger partial charge is 0.299 e. The summed E-state index contributed by atoms with van der Waals surface area (Å²) < 4.78 is 0. The number of hydrogen-bond donors (Lipinski definition) is 2. The molecule has 0 saturated heterocycles. The summed E-state index contributed by atoms with van der Waals surface area (Å²) in [6.07, 6.45) is 16.8. The number of pyridine rings is 1. The zero-order valence-electron chi connectivity index (χ0n) is 31.4. The molecule has 0 fully saturated rings.